The SMILES string of the molecule is Cc1ccc(/C=C/C(=O)NCC(O)CC(C)C)cc1Cl. The van der Waals surface area contributed by atoms with Crippen molar-refractivity contribution in [2.45, 2.75) is 33.3 Å². The molecule has 0 radical (unpaired) electrons. The summed E-state index contributed by atoms with van der Waals surface area (Å²) in [4.78, 5) is 11.6. The van der Waals surface area contributed by atoms with Gasteiger partial charge in [0, 0.05) is 17.6 Å². The van der Waals surface area contributed by atoms with Gasteiger partial charge in [-0.15, -0.1) is 0 Å². The lowest BCUT2D eigenvalue weighted by Gasteiger charge is -2.12. The highest BCUT2D eigenvalue weighted by atomic mass is 35.5. The van der Waals surface area contributed by atoms with E-state index in [9.17, 15) is 9.90 Å². The van der Waals surface area contributed by atoms with Crippen LogP contribution < -0.4 is 5.32 Å². The zero-order valence-electron chi connectivity index (χ0n) is 12.2. The predicted octanol–water partition coefficient (Wildman–Crippen LogP) is 3.18. The summed E-state index contributed by atoms with van der Waals surface area (Å²) >= 11 is 6.01. The molecule has 0 aromatic heterocycles. The first-order chi connectivity index (χ1) is 9.38. The summed E-state index contributed by atoms with van der Waals surface area (Å²) in [6, 6.07) is 5.62. The van der Waals surface area contributed by atoms with E-state index in [2.05, 4.69) is 5.32 Å². The van der Waals surface area contributed by atoms with Crippen molar-refractivity contribution in [3.8, 4) is 0 Å². The van der Waals surface area contributed by atoms with Gasteiger partial charge in [-0.3, -0.25) is 4.79 Å². The van der Waals surface area contributed by atoms with Crippen LogP contribution in [0.3, 0.4) is 0 Å². The average molecular weight is 296 g/mol. The molecule has 1 aromatic rings. The fraction of sp³-hybridized carbons (Fsp3) is 0.438. The van der Waals surface area contributed by atoms with Crippen LogP contribution in [0.5, 0.6) is 0 Å². The second-order valence-corrected chi connectivity index (χ2v) is 5.78. The number of aliphatic hydroxyl groups excluding tert-OH is 1. The van der Waals surface area contributed by atoms with Crippen LogP contribution in [0.4, 0.5) is 0 Å². The normalized spacial score (nSPS) is 12.9. The van der Waals surface area contributed by atoms with Crippen molar-refractivity contribution in [1.29, 1.82) is 0 Å². The molecular weight excluding hydrogens is 274 g/mol. The first-order valence-corrected chi connectivity index (χ1v) is 7.16. The summed E-state index contributed by atoms with van der Waals surface area (Å²) in [6.07, 6.45) is 3.33. The Labute approximate surface area is 125 Å². The molecule has 1 aromatic carbocycles. The largest absolute Gasteiger partial charge is 0.391 e. The molecule has 2 N–H and O–H groups in total. The minimum atomic E-state index is -0.499. The van der Waals surface area contributed by atoms with E-state index < -0.39 is 6.10 Å². The summed E-state index contributed by atoms with van der Waals surface area (Å²) in [7, 11) is 0. The second kappa shape index (κ2) is 8.08. The van der Waals surface area contributed by atoms with Crippen molar-refractivity contribution in [1.82, 2.24) is 5.32 Å². The standard InChI is InChI=1S/C16H22ClNO2/c1-11(2)8-14(19)10-18-16(20)7-6-13-5-4-12(3)15(17)9-13/h4-7,9,11,14,19H,8,10H2,1-3H3,(H,18,20)/b7-6+. The van der Waals surface area contributed by atoms with Crippen LogP contribution in [-0.2, 0) is 4.79 Å². The highest BCUT2D eigenvalue weighted by Crippen LogP contribution is 2.17. The molecule has 1 unspecified atom stereocenters. The molecule has 4 heteroatoms. The van der Waals surface area contributed by atoms with Crippen molar-refractivity contribution in [3.63, 3.8) is 0 Å². The molecular formula is C16H22ClNO2. The maximum atomic E-state index is 11.6. The monoisotopic (exact) mass is 295 g/mol. The molecule has 1 rings (SSSR count). The highest BCUT2D eigenvalue weighted by Gasteiger charge is 2.07. The van der Waals surface area contributed by atoms with Crippen LogP contribution >= 0.6 is 11.6 Å². The van der Waals surface area contributed by atoms with Crippen molar-refractivity contribution in [2.24, 2.45) is 5.92 Å². The lowest BCUT2D eigenvalue weighted by molar-refractivity contribution is -0.116. The van der Waals surface area contributed by atoms with Crippen LogP contribution in [0.2, 0.25) is 5.02 Å². The molecule has 0 spiro atoms. The van der Waals surface area contributed by atoms with Crippen molar-refractivity contribution in [2.75, 3.05) is 6.54 Å². The lowest BCUT2D eigenvalue weighted by atomic mass is 10.1. The molecule has 110 valence electrons. The summed E-state index contributed by atoms with van der Waals surface area (Å²) in [5.41, 5.74) is 1.88. The summed E-state index contributed by atoms with van der Waals surface area (Å²) in [5.74, 6) is 0.191. The van der Waals surface area contributed by atoms with Gasteiger partial charge >= 0.3 is 0 Å². The average Bonchev–Trinajstić information content (AvgIpc) is 2.37. The number of nitrogens with one attached hydrogen (secondary N) is 1. The molecule has 20 heavy (non-hydrogen) atoms. The number of amides is 1. The smallest absolute Gasteiger partial charge is 0.244 e. The third kappa shape index (κ3) is 6.22. The van der Waals surface area contributed by atoms with Gasteiger partial charge in [0.1, 0.15) is 0 Å². The summed E-state index contributed by atoms with van der Waals surface area (Å²) in [5, 5.41) is 13.0. The van der Waals surface area contributed by atoms with Gasteiger partial charge in [-0.05, 0) is 42.5 Å². The molecule has 0 heterocycles. The van der Waals surface area contributed by atoms with E-state index in [1.807, 2.05) is 39.0 Å². The Hall–Kier alpha value is -1.32. The summed E-state index contributed by atoms with van der Waals surface area (Å²) < 4.78 is 0. The molecule has 0 fully saturated rings. The number of hydrogen-bond acceptors (Lipinski definition) is 2. The zero-order chi connectivity index (χ0) is 15.1. The number of rotatable bonds is 6. The third-order valence-corrected chi connectivity index (χ3v) is 3.29. The first kappa shape index (κ1) is 16.7. The number of hydrogen-bond donors (Lipinski definition) is 2. The minimum Gasteiger partial charge on any atom is -0.391 e. The Morgan fingerprint density at radius 1 is 1.45 bits per heavy atom. The topological polar surface area (TPSA) is 49.3 Å². The molecule has 0 aliphatic carbocycles. The van der Waals surface area contributed by atoms with Gasteiger partial charge in [0.2, 0.25) is 5.91 Å². The number of benzene rings is 1. The predicted molar refractivity (Wildman–Crippen MR) is 83.7 cm³/mol. The van der Waals surface area contributed by atoms with E-state index in [0.29, 0.717) is 17.4 Å². The Morgan fingerprint density at radius 2 is 2.15 bits per heavy atom. The van der Waals surface area contributed by atoms with E-state index in [1.165, 1.54) is 6.08 Å². The number of aliphatic hydroxyl groups is 1. The highest BCUT2D eigenvalue weighted by molar-refractivity contribution is 6.31. The van der Waals surface area contributed by atoms with Gasteiger partial charge in [0.15, 0.2) is 0 Å². The molecule has 0 saturated heterocycles. The van der Waals surface area contributed by atoms with E-state index in [-0.39, 0.29) is 12.5 Å². The van der Waals surface area contributed by atoms with Gasteiger partial charge in [-0.2, -0.15) is 0 Å². The van der Waals surface area contributed by atoms with Crippen LogP contribution in [-0.4, -0.2) is 23.7 Å². The molecule has 1 amide bonds. The Morgan fingerprint density at radius 3 is 2.75 bits per heavy atom. The molecule has 0 saturated carbocycles. The van der Waals surface area contributed by atoms with Crippen LogP contribution in [0.1, 0.15) is 31.4 Å². The molecule has 3 nitrogen and oxygen atoms in total. The fourth-order valence-corrected chi connectivity index (χ4v) is 1.98. The molecule has 0 aliphatic rings. The Balaban J connectivity index is 2.45. The lowest BCUT2D eigenvalue weighted by Crippen LogP contribution is -2.31. The number of aryl methyl sites for hydroxylation is 1. The van der Waals surface area contributed by atoms with Crippen molar-refractivity contribution >= 4 is 23.6 Å². The van der Waals surface area contributed by atoms with E-state index in [4.69, 9.17) is 11.6 Å². The Bertz CT molecular complexity index is 483. The third-order valence-electron chi connectivity index (χ3n) is 2.88. The van der Waals surface area contributed by atoms with Gasteiger partial charge in [0.25, 0.3) is 0 Å². The second-order valence-electron chi connectivity index (χ2n) is 5.37. The molecule has 1 atom stereocenters. The van der Waals surface area contributed by atoms with Crippen molar-refractivity contribution in [3.05, 3.63) is 40.4 Å². The number of carbonyl (C=O) groups is 1. The van der Waals surface area contributed by atoms with E-state index >= 15 is 0 Å². The maximum Gasteiger partial charge on any atom is 0.244 e. The van der Waals surface area contributed by atoms with Gasteiger partial charge in [-0.25, -0.2) is 0 Å². The van der Waals surface area contributed by atoms with Gasteiger partial charge < -0.3 is 10.4 Å². The number of halogens is 1. The maximum absolute atomic E-state index is 11.6. The van der Waals surface area contributed by atoms with Crippen LogP contribution in [0, 0.1) is 12.8 Å². The van der Waals surface area contributed by atoms with Crippen LogP contribution in [0.25, 0.3) is 6.08 Å². The summed E-state index contributed by atoms with van der Waals surface area (Å²) in [6.45, 7) is 6.27. The first-order valence-electron chi connectivity index (χ1n) is 6.78. The van der Waals surface area contributed by atoms with E-state index in [0.717, 1.165) is 11.1 Å². The quantitative estimate of drug-likeness (QED) is 0.792. The van der Waals surface area contributed by atoms with Gasteiger partial charge in [-0.1, -0.05) is 37.6 Å². The van der Waals surface area contributed by atoms with E-state index in [1.54, 1.807) is 6.08 Å². The minimum absolute atomic E-state index is 0.218. The number of carbonyl (C=O) groups excluding carboxylic acids is 1. The zero-order valence-corrected chi connectivity index (χ0v) is 12.9. The molecule has 0 aliphatic heterocycles. The fourth-order valence-electron chi connectivity index (χ4n) is 1.79. The van der Waals surface area contributed by atoms with Gasteiger partial charge in [0.05, 0.1) is 6.10 Å². The van der Waals surface area contributed by atoms with Crippen molar-refractivity contribution < 1.29 is 9.90 Å². The molecule has 0 bridgehead atoms. The van der Waals surface area contributed by atoms with Crippen LogP contribution in [0.15, 0.2) is 24.3 Å². The Kier molecular flexibility index (Phi) is 6.76.